The number of nitrogens with one attached hydrogen (secondary N) is 1. The maximum atomic E-state index is 12.6. The number of anilines is 1. The van der Waals surface area contributed by atoms with Gasteiger partial charge in [0.1, 0.15) is 0 Å². The molecule has 0 spiro atoms. The largest absolute Gasteiger partial charge is 0.383 e. The number of fused-ring (bicyclic) bond motifs is 2. The van der Waals surface area contributed by atoms with Crippen molar-refractivity contribution < 1.29 is 4.79 Å². The van der Waals surface area contributed by atoms with E-state index in [9.17, 15) is 4.79 Å². The number of benzene rings is 1. The first-order chi connectivity index (χ1) is 13.2. The van der Waals surface area contributed by atoms with Crippen LogP contribution < -0.4 is 5.32 Å². The van der Waals surface area contributed by atoms with Gasteiger partial charge in [0.2, 0.25) is 0 Å². The van der Waals surface area contributed by atoms with Crippen LogP contribution in [0.15, 0.2) is 47.1 Å². The van der Waals surface area contributed by atoms with Gasteiger partial charge in [-0.15, -0.1) is 0 Å². The van der Waals surface area contributed by atoms with E-state index in [-0.39, 0.29) is 5.78 Å². The van der Waals surface area contributed by atoms with Crippen molar-refractivity contribution in [1.82, 2.24) is 4.98 Å². The van der Waals surface area contributed by atoms with Crippen LogP contribution in [0.3, 0.4) is 0 Å². The van der Waals surface area contributed by atoms with Gasteiger partial charge in [0.15, 0.2) is 5.78 Å². The number of pyridine rings is 1. The summed E-state index contributed by atoms with van der Waals surface area (Å²) in [5.41, 5.74) is 9.89. The first kappa shape index (κ1) is 16.2. The number of hydrogen-bond donors (Lipinski definition) is 1. The summed E-state index contributed by atoms with van der Waals surface area (Å²) in [5.74, 6) is 0.192. The number of ketones is 1. The Morgan fingerprint density at radius 2 is 2.15 bits per heavy atom. The van der Waals surface area contributed by atoms with Crippen LogP contribution in [0.2, 0.25) is 0 Å². The average molecular weight is 355 g/mol. The Labute approximate surface area is 158 Å². The Morgan fingerprint density at radius 1 is 1.22 bits per heavy atom. The molecule has 0 unspecified atom stereocenters. The number of nitrogens with zero attached hydrogens (tertiary/aromatic N) is 2. The molecule has 0 saturated heterocycles. The predicted molar refractivity (Wildman–Crippen MR) is 109 cm³/mol. The lowest BCUT2D eigenvalue weighted by Crippen LogP contribution is -2.14. The van der Waals surface area contributed by atoms with Crippen molar-refractivity contribution >= 4 is 23.3 Å². The summed E-state index contributed by atoms with van der Waals surface area (Å²) in [6.07, 6.45) is 10.4. The molecule has 134 valence electrons. The molecule has 1 aliphatic carbocycles. The van der Waals surface area contributed by atoms with Crippen LogP contribution in [0, 0.1) is 6.92 Å². The highest BCUT2D eigenvalue weighted by molar-refractivity contribution is 6.26. The van der Waals surface area contributed by atoms with E-state index in [0.29, 0.717) is 13.0 Å². The molecule has 0 saturated carbocycles. The van der Waals surface area contributed by atoms with E-state index in [0.717, 1.165) is 58.5 Å². The zero-order valence-electron chi connectivity index (χ0n) is 15.4. The van der Waals surface area contributed by atoms with Crippen LogP contribution in [0.4, 0.5) is 5.69 Å². The van der Waals surface area contributed by atoms with E-state index >= 15 is 0 Å². The number of rotatable bonds is 2. The Bertz CT molecular complexity index is 1060. The van der Waals surface area contributed by atoms with Gasteiger partial charge in [-0.1, -0.05) is 12.1 Å². The molecule has 0 fully saturated rings. The molecule has 0 radical (unpaired) electrons. The summed E-state index contributed by atoms with van der Waals surface area (Å²) in [6, 6.07) is 6.36. The monoisotopic (exact) mass is 355 g/mol. The Balaban J connectivity index is 1.59. The highest BCUT2D eigenvalue weighted by Gasteiger charge is 2.26. The minimum Gasteiger partial charge on any atom is -0.383 e. The Hall–Kier alpha value is -3.01. The first-order valence-corrected chi connectivity index (χ1v) is 9.50. The number of allylic oxidation sites excluding steroid dienone is 2. The van der Waals surface area contributed by atoms with Gasteiger partial charge < -0.3 is 5.32 Å². The quantitative estimate of drug-likeness (QED) is 0.831. The molecule has 0 atom stereocenters. The van der Waals surface area contributed by atoms with E-state index in [1.807, 2.05) is 18.3 Å². The number of hydrogen-bond acceptors (Lipinski definition) is 4. The number of aliphatic imine (C=N–C) groups is 1. The fourth-order valence-corrected chi connectivity index (χ4v) is 4.20. The van der Waals surface area contributed by atoms with Crippen LogP contribution >= 0.6 is 0 Å². The van der Waals surface area contributed by atoms with Gasteiger partial charge in [-0.05, 0) is 65.8 Å². The number of carbonyl (C=O) groups excluding carboxylic acids is 1. The van der Waals surface area contributed by atoms with Crippen molar-refractivity contribution in [3.8, 4) is 11.1 Å². The maximum absolute atomic E-state index is 12.6. The van der Waals surface area contributed by atoms with E-state index in [1.54, 1.807) is 6.21 Å². The van der Waals surface area contributed by atoms with Crippen LogP contribution in [0.25, 0.3) is 16.7 Å². The average Bonchev–Trinajstić information content (AvgIpc) is 3.31. The van der Waals surface area contributed by atoms with E-state index in [4.69, 9.17) is 4.98 Å². The van der Waals surface area contributed by atoms with Crippen molar-refractivity contribution in [2.75, 3.05) is 18.4 Å². The molecule has 1 aromatic carbocycles. The zero-order valence-corrected chi connectivity index (χ0v) is 15.4. The summed E-state index contributed by atoms with van der Waals surface area (Å²) in [4.78, 5) is 21.5. The molecule has 2 aromatic rings. The molecule has 1 N–H and O–H groups in total. The van der Waals surface area contributed by atoms with Crippen molar-refractivity contribution in [3.63, 3.8) is 0 Å². The lowest BCUT2D eigenvalue weighted by atomic mass is 9.94. The predicted octanol–water partition coefficient (Wildman–Crippen LogP) is 3.93. The minimum atomic E-state index is 0.192. The second-order valence-electron chi connectivity index (χ2n) is 7.41. The number of carbonyl (C=O) groups is 1. The number of aromatic nitrogens is 1. The molecule has 3 heterocycles. The molecule has 0 bridgehead atoms. The van der Waals surface area contributed by atoms with E-state index in [1.165, 1.54) is 11.3 Å². The van der Waals surface area contributed by atoms with Gasteiger partial charge >= 0.3 is 0 Å². The molecule has 3 aliphatic rings. The molecule has 0 amide bonds. The molecular weight excluding hydrogens is 334 g/mol. The molecule has 5 rings (SSSR count). The second kappa shape index (κ2) is 6.31. The van der Waals surface area contributed by atoms with E-state index < -0.39 is 0 Å². The fourth-order valence-electron chi connectivity index (χ4n) is 4.20. The Kier molecular flexibility index (Phi) is 3.78. The fraction of sp³-hybridized carbons (Fsp3) is 0.261. The highest BCUT2D eigenvalue weighted by Crippen LogP contribution is 2.37. The minimum absolute atomic E-state index is 0.192. The van der Waals surface area contributed by atoms with Crippen LogP contribution in [0.1, 0.15) is 28.8 Å². The molecular formula is C23H21N3O. The zero-order chi connectivity index (χ0) is 18.4. The SMILES string of the molecule is Cc1c(-c2ccc3c(c2)/C(=C/C2=CC=NC2)C(=O)C3)cnc2c1NCCC2. The van der Waals surface area contributed by atoms with Gasteiger partial charge in [-0.3, -0.25) is 14.8 Å². The van der Waals surface area contributed by atoms with Crippen molar-refractivity contribution in [1.29, 1.82) is 0 Å². The van der Waals surface area contributed by atoms with Crippen molar-refractivity contribution in [2.24, 2.45) is 4.99 Å². The lowest BCUT2D eigenvalue weighted by molar-refractivity contribution is -0.112. The van der Waals surface area contributed by atoms with Gasteiger partial charge in [-0.25, -0.2) is 0 Å². The van der Waals surface area contributed by atoms with Crippen LogP contribution in [-0.4, -0.2) is 30.1 Å². The topological polar surface area (TPSA) is 54.4 Å². The molecule has 2 aliphatic heterocycles. The third kappa shape index (κ3) is 2.72. The van der Waals surface area contributed by atoms with Gasteiger partial charge in [0.25, 0.3) is 0 Å². The third-order valence-corrected chi connectivity index (χ3v) is 5.67. The van der Waals surface area contributed by atoms with Gasteiger partial charge in [-0.2, -0.15) is 0 Å². The first-order valence-electron chi connectivity index (χ1n) is 9.50. The third-order valence-electron chi connectivity index (χ3n) is 5.67. The lowest BCUT2D eigenvalue weighted by Gasteiger charge is -2.21. The maximum Gasteiger partial charge on any atom is 0.167 e. The van der Waals surface area contributed by atoms with Crippen molar-refractivity contribution in [3.05, 3.63) is 64.5 Å². The summed E-state index contributed by atoms with van der Waals surface area (Å²) in [6.45, 7) is 3.82. The molecule has 1 aromatic heterocycles. The highest BCUT2D eigenvalue weighted by atomic mass is 16.1. The second-order valence-corrected chi connectivity index (χ2v) is 7.41. The van der Waals surface area contributed by atoms with Gasteiger partial charge in [0, 0.05) is 36.5 Å². The number of Topliss-reactive ketones (excluding diaryl/α,β-unsaturated/α-hetero) is 1. The van der Waals surface area contributed by atoms with E-state index in [2.05, 4.69) is 35.4 Å². The number of aryl methyl sites for hydroxylation is 1. The standard InChI is InChI=1S/C23H21N3O/c1-14-20(13-26-21-3-2-7-25-23(14)21)16-4-5-17-11-22(27)19(18(17)10-16)9-15-6-8-24-12-15/h4-6,8-10,13,25H,2-3,7,11-12H2,1H3/b19-9-. The molecule has 4 nitrogen and oxygen atoms in total. The molecule has 27 heavy (non-hydrogen) atoms. The summed E-state index contributed by atoms with van der Waals surface area (Å²) >= 11 is 0. The Morgan fingerprint density at radius 3 is 3.00 bits per heavy atom. The van der Waals surface area contributed by atoms with Crippen LogP contribution in [0.5, 0.6) is 0 Å². The normalized spacial score (nSPS) is 19.1. The molecule has 4 heteroatoms. The van der Waals surface area contributed by atoms with Crippen molar-refractivity contribution in [2.45, 2.75) is 26.2 Å². The van der Waals surface area contributed by atoms with Crippen LogP contribution in [-0.2, 0) is 17.6 Å². The van der Waals surface area contributed by atoms with Gasteiger partial charge in [0.05, 0.1) is 17.9 Å². The summed E-state index contributed by atoms with van der Waals surface area (Å²) in [7, 11) is 0. The summed E-state index contributed by atoms with van der Waals surface area (Å²) < 4.78 is 0. The smallest absolute Gasteiger partial charge is 0.167 e. The summed E-state index contributed by atoms with van der Waals surface area (Å²) in [5, 5.41) is 3.51.